The molecule has 2 N–H and O–H groups in total. The van der Waals surface area contributed by atoms with E-state index in [9.17, 15) is 0 Å². The fourth-order valence-electron chi connectivity index (χ4n) is 1.91. The number of aromatic nitrogens is 2. The topological polar surface area (TPSA) is 55.0 Å². The maximum Gasteiger partial charge on any atom is 0.224 e. The average molecular weight is 263 g/mol. The molecule has 0 bridgehead atoms. The van der Waals surface area contributed by atoms with Crippen molar-refractivity contribution < 1.29 is 0 Å². The van der Waals surface area contributed by atoms with Crippen LogP contribution >= 0.6 is 24.0 Å². The minimum absolute atomic E-state index is 0. The SMILES string of the molecule is Cc1cc(N2CCC(CN)C2)nc(Cl)n1.Cl. The van der Waals surface area contributed by atoms with Crippen LogP contribution in [0.2, 0.25) is 5.28 Å². The molecule has 1 fully saturated rings. The summed E-state index contributed by atoms with van der Waals surface area (Å²) >= 11 is 5.83. The highest BCUT2D eigenvalue weighted by molar-refractivity contribution is 6.28. The van der Waals surface area contributed by atoms with Crippen LogP contribution in [0.15, 0.2) is 6.07 Å². The summed E-state index contributed by atoms with van der Waals surface area (Å²) in [5.74, 6) is 1.50. The van der Waals surface area contributed by atoms with E-state index in [0.29, 0.717) is 11.2 Å². The van der Waals surface area contributed by atoms with Crippen molar-refractivity contribution in [2.45, 2.75) is 13.3 Å². The Morgan fingerprint density at radius 2 is 2.31 bits per heavy atom. The quantitative estimate of drug-likeness (QED) is 0.824. The van der Waals surface area contributed by atoms with Gasteiger partial charge in [0.2, 0.25) is 5.28 Å². The third-order valence-electron chi connectivity index (χ3n) is 2.76. The Kier molecular flexibility index (Phi) is 4.77. The van der Waals surface area contributed by atoms with E-state index in [2.05, 4.69) is 14.9 Å². The maximum atomic E-state index is 5.83. The van der Waals surface area contributed by atoms with Crippen LogP contribution in [-0.2, 0) is 0 Å². The number of nitrogens with zero attached hydrogens (tertiary/aromatic N) is 3. The molecule has 0 spiro atoms. The van der Waals surface area contributed by atoms with E-state index in [1.54, 1.807) is 0 Å². The Bertz CT molecular complexity index is 338. The van der Waals surface area contributed by atoms with Gasteiger partial charge in [0.25, 0.3) is 0 Å². The Hall–Kier alpha value is -0.580. The first-order valence-corrected chi connectivity index (χ1v) is 5.53. The summed E-state index contributed by atoms with van der Waals surface area (Å²) in [5.41, 5.74) is 6.55. The zero-order chi connectivity index (χ0) is 10.8. The first-order chi connectivity index (χ1) is 7.19. The molecule has 1 aliphatic heterocycles. The summed E-state index contributed by atoms with van der Waals surface area (Å²) in [7, 11) is 0. The van der Waals surface area contributed by atoms with Gasteiger partial charge in [-0.15, -0.1) is 12.4 Å². The molecule has 1 saturated heterocycles. The molecule has 0 amide bonds. The predicted molar refractivity (Wildman–Crippen MR) is 68.4 cm³/mol. The maximum absolute atomic E-state index is 5.83. The predicted octanol–water partition coefficient (Wildman–Crippen LogP) is 1.65. The number of hydrogen-bond acceptors (Lipinski definition) is 4. The van der Waals surface area contributed by atoms with E-state index in [1.165, 1.54) is 0 Å². The Morgan fingerprint density at radius 3 is 2.88 bits per heavy atom. The second-order valence-electron chi connectivity index (χ2n) is 3.97. The van der Waals surface area contributed by atoms with Gasteiger partial charge in [-0.1, -0.05) is 0 Å². The molecule has 1 aliphatic rings. The zero-order valence-corrected chi connectivity index (χ0v) is 10.8. The van der Waals surface area contributed by atoms with Crippen molar-refractivity contribution in [3.05, 3.63) is 17.0 Å². The van der Waals surface area contributed by atoms with Gasteiger partial charge in [0.1, 0.15) is 5.82 Å². The van der Waals surface area contributed by atoms with Crippen molar-refractivity contribution in [2.24, 2.45) is 11.7 Å². The molecule has 90 valence electrons. The molecule has 1 aromatic heterocycles. The standard InChI is InChI=1S/C10H15ClN4.ClH/c1-7-4-9(14-10(11)13-7)15-3-2-8(5-12)6-15;/h4,8H,2-3,5-6,12H2,1H3;1H. The molecular weight excluding hydrogens is 247 g/mol. The molecule has 0 radical (unpaired) electrons. The summed E-state index contributed by atoms with van der Waals surface area (Å²) in [6.45, 7) is 4.65. The van der Waals surface area contributed by atoms with Gasteiger partial charge in [0, 0.05) is 24.8 Å². The van der Waals surface area contributed by atoms with Crippen LogP contribution < -0.4 is 10.6 Å². The van der Waals surface area contributed by atoms with Gasteiger partial charge < -0.3 is 10.6 Å². The minimum atomic E-state index is 0. The fourth-order valence-corrected chi connectivity index (χ4v) is 2.13. The number of rotatable bonds is 2. The van der Waals surface area contributed by atoms with Crippen molar-refractivity contribution in [2.75, 3.05) is 24.5 Å². The number of nitrogens with two attached hydrogens (primary N) is 1. The zero-order valence-electron chi connectivity index (χ0n) is 9.19. The molecule has 1 aromatic rings. The van der Waals surface area contributed by atoms with Gasteiger partial charge in [-0.2, -0.15) is 0 Å². The van der Waals surface area contributed by atoms with E-state index in [0.717, 1.165) is 37.6 Å². The van der Waals surface area contributed by atoms with Crippen molar-refractivity contribution in [3.63, 3.8) is 0 Å². The summed E-state index contributed by atoms with van der Waals surface area (Å²) in [5, 5.41) is 0.321. The smallest absolute Gasteiger partial charge is 0.224 e. The Labute approximate surface area is 107 Å². The number of hydrogen-bond donors (Lipinski definition) is 1. The van der Waals surface area contributed by atoms with Crippen LogP contribution in [0.3, 0.4) is 0 Å². The minimum Gasteiger partial charge on any atom is -0.356 e. The highest BCUT2D eigenvalue weighted by Crippen LogP contribution is 2.22. The van der Waals surface area contributed by atoms with E-state index < -0.39 is 0 Å². The lowest BCUT2D eigenvalue weighted by Crippen LogP contribution is -2.23. The van der Waals surface area contributed by atoms with Crippen LogP contribution in [-0.4, -0.2) is 29.6 Å². The Morgan fingerprint density at radius 1 is 1.56 bits per heavy atom. The van der Waals surface area contributed by atoms with Gasteiger partial charge in [0.15, 0.2) is 0 Å². The van der Waals surface area contributed by atoms with Gasteiger partial charge in [-0.25, -0.2) is 9.97 Å². The molecule has 1 atom stereocenters. The van der Waals surface area contributed by atoms with E-state index >= 15 is 0 Å². The molecule has 4 nitrogen and oxygen atoms in total. The van der Waals surface area contributed by atoms with Crippen molar-refractivity contribution >= 4 is 29.8 Å². The van der Waals surface area contributed by atoms with Crippen LogP contribution in [0.4, 0.5) is 5.82 Å². The van der Waals surface area contributed by atoms with Crippen molar-refractivity contribution in [3.8, 4) is 0 Å². The van der Waals surface area contributed by atoms with Gasteiger partial charge in [-0.3, -0.25) is 0 Å². The second-order valence-corrected chi connectivity index (χ2v) is 4.31. The molecule has 0 aromatic carbocycles. The molecule has 6 heteroatoms. The number of halogens is 2. The molecule has 2 heterocycles. The lowest BCUT2D eigenvalue weighted by molar-refractivity contribution is 0.602. The first kappa shape index (κ1) is 13.5. The monoisotopic (exact) mass is 262 g/mol. The van der Waals surface area contributed by atoms with E-state index in [-0.39, 0.29) is 12.4 Å². The largest absolute Gasteiger partial charge is 0.356 e. The Balaban J connectivity index is 0.00000128. The lowest BCUT2D eigenvalue weighted by atomic mass is 10.1. The van der Waals surface area contributed by atoms with Crippen LogP contribution in [0, 0.1) is 12.8 Å². The number of aryl methyl sites for hydroxylation is 1. The molecule has 0 aliphatic carbocycles. The summed E-state index contributed by atoms with van der Waals surface area (Å²) < 4.78 is 0. The molecule has 16 heavy (non-hydrogen) atoms. The normalized spacial score (nSPS) is 19.7. The summed E-state index contributed by atoms with van der Waals surface area (Å²) in [4.78, 5) is 10.5. The van der Waals surface area contributed by atoms with Gasteiger partial charge in [-0.05, 0) is 37.4 Å². The van der Waals surface area contributed by atoms with Crippen LogP contribution in [0.1, 0.15) is 12.1 Å². The first-order valence-electron chi connectivity index (χ1n) is 5.15. The highest BCUT2D eigenvalue weighted by atomic mass is 35.5. The second kappa shape index (κ2) is 5.66. The van der Waals surface area contributed by atoms with Gasteiger partial charge in [0.05, 0.1) is 0 Å². The molecule has 1 unspecified atom stereocenters. The van der Waals surface area contributed by atoms with Crippen molar-refractivity contribution in [1.82, 2.24) is 9.97 Å². The lowest BCUT2D eigenvalue weighted by Gasteiger charge is -2.17. The summed E-state index contributed by atoms with van der Waals surface area (Å²) in [6.07, 6.45) is 1.14. The molecule has 0 saturated carbocycles. The third-order valence-corrected chi connectivity index (χ3v) is 2.93. The van der Waals surface area contributed by atoms with Crippen LogP contribution in [0.25, 0.3) is 0 Å². The average Bonchev–Trinajstić information content (AvgIpc) is 2.64. The van der Waals surface area contributed by atoms with Gasteiger partial charge >= 0.3 is 0 Å². The fraction of sp³-hybridized carbons (Fsp3) is 0.600. The van der Waals surface area contributed by atoms with Crippen LogP contribution in [0.5, 0.6) is 0 Å². The molecular formula is C10H16Cl2N4. The van der Waals surface area contributed by atoms with E-state index in [1.807, 2.05) is 13.0 Å². The number of anilines is 1. The van der Waals surface area contributed by atoms with Crippen molar-refractivity contribution in [1.29, 1.82) is 0 Å². The highest BCUT2D eigenvalue weighted by Gasteiger charge is 2.22. The summed E-state index contributed by atoms with van der Waals surface area (Å²) in [6, 6.07) is 1.96. The van der Waals surface area contributed by atoms with E-state index in [4.69, 9.17) is 17.3 Å². The third kappa shape index (κ3) is 2.97. The molecule has 2 rings (SSSR count).